The topological polar surface area (TPSA) is 24.1 Å². The molecule has 0 radical (unpaired) electrons. The van der Waals surface area contributed by atoms with Crippen molar-refractivity contribution in [2.45, 2.75) is 26.8 Å². The summed E-state index contributed by atoms with van der Waals surface area (Å²) in [6.07, 6.45) is 0. The highest BCUT2D eigenvalue weighted by Gasteiger charge is 1.98. The van der Waals surface area contributed by atoms with E-state index in [1.807, 2.05) is 0 Å². The van der Waals surface area contributed by atoms with E-state index >= 15 is 0 Å². The van der Waals surface area contributed by atoms with Crippen LogP contribution in [0.4, 0.5) is 5.69 Å². The van der Waals surface area contributed by atoms with Gasteiger partial charge in [-0.2, -0.15) is 0 Å². The third-order valence-corrected chi connectivity index (χ3v) is 2.77. The van der Waals surface area contributed by atoms with Crippen LogP contribution in [0.2, 0.25) is 0 Å². The third kappa shape index (κ3) is 4.67. The van der Waals surface area contributed by atoms with Gasteiger partial charge in [-0.1, -0.05) is 19.9 Å². The van der Waals surface area contributed by atoms with Crippen molar-refractivity contribution in [1.82, 2.24) is 5.32 Å². The highest BCUT2D eigenvalue weighted by Crippen LogP contribution is 2.22. The molecule has 0 spiro atoms. The van der Waals surface area contributed by atoms with Crippen molar-refractivity contribution in [2.75, 3.05) is 18.4 Å². The molecular weight excluding hydrogens is 252 g/mol. The Kier molecular flexibility index (Phi) is 5.12. The maximum atomic E-state index is 3.55. The third-order valence-electron chi connectivity index (χ3n) is 2.12. The smallest absolute Gasteiger partial charge is 0.0485 e. The van der Waals surface area contributed by atoms with Crippen LogP contribution in [0.1, 0.15) is 19.4 Å². The van der Waals surface area contributed by atoms with Gasteiger partial charge in [0.1, 0.15) is 0 Å². The van der Waals surface area contributed by atoms with Crippen molar-refractivity contribution in [3.63, 3.8) is 0 Å². The predicted octanol–water partition coefficient (Wildman–Crippen LogP) is 3.17. The lowest BCUT2D eigenvalue weighted by molar-refractivity contribution is 0.602. The SMILES string of the molecule is Cc1ccc(NCCNC(C)C)c(Br)c1. The Morgan fingerprint density at radius 1 is 1.27 bits per heavy atom. The minimum atomic E-state index is 0.549. The minimum absolute atomic E-state index is 0.549. The maximum Gasteiger partial charge on any atom is 0.0485 e. The summed E-state index contributed by atoms with van der Waals surface area (Å²) >= 11 is 3.55. The van der Waals surface area contributed by atoms with E-state index < -0.39 is 0 Å². The highest BCUT2D eigenvalue weighted by atomic mass is 79.9. The lowest BCUT2D eigenvalue weighted by atomic mass is 10.2. The van der Waals surface area contributed by atoms with Gasteiger partial charge in [0.15, 0.2) is 0 Å². The predicted molar refractivity (Wildman–Crippen MR) is 70.5 cm³/mol. The second-order valence-corrected chi connectivity index (χ2v) is 4.87. The molecule has 0 aliphatic rings. The number of nitrogens with one attached hydrogen (secondary N) is 2. The Morgan fingerprint density at radius 2 is 2.00 bits per heavy atom. The molecule has 0 fully saturated rings. The van der Waals surface area contributed by atoms with Crippen LogP contribution in [0.25, 0.3) is 0 Å². The molecule has 0 aliphatic heterocycles. The average molecular weight is 271 g/mol. The normalized spacial score (nSPS) is 10.7. The van der Waals surface area contributed by atoms with Gasteiger partial charge in [0, 0.05) is 29.3 Å². The Morgan fingerprint density at radius 3 is 2.60 bits per heavy atom. The Bertz CT molecular complexity index is 310. The van der Waals surface area contributed by atoms with Gasteiger partial charge in [-0.25, -0.2) is 0 Å². The van der Waals surface area contributed by atoms with E-state index in [1.165, 1.54) is 5.56 Å². The van der Waals surface area contributed by atoms with Crippen molar-refractivity contribution >= 4 is 21.6 Å². The molecule has 0 aliphatic carbocycles. The van der Waals surface area contributed by atoms with E-state index in [9.17, 15) is 0 Å². The summed E-state index contributed by atoms with van der Waals surface area (Å²) in [5.74, 6) is 0. The number of anilines is 1. The van der Waals surface area contributed by atoms with Gasteiger partial charge in [-0.05, 0) is 40.5 Å². The first-order chi connectivity index (χ1) is 7.09. The fourth-order valence-corrected chi connectivity index (χ4v) is 1.95. The van der Waals surface area contributed by atoms with Gasteiger partial charge in [0.2, 0.25) is 0 Å². The first kappa shape index (κ1) is 12.5. The van der Waals surface area contributed by atoms with Crippen molar-refractivity contribution in [2.24, 2.45) is 0 Å². The van der Waals surface area contributed by atoms with Crippen LogP contribution < -0.4 is 10.6 Å². The summed E-state index contributed by atoms with van der Waals surface area (Å²) in [5.41, 5.74) is 2.43. The molecule has 2 nitrogen and oxygen atoms in total. The number of aryl methyl sites for hydroxylation is 1. The Balaban J connectivity index is 2.37. The molecule has 1 aromatic carbocycles. The molecule has 0 amide bonds. The van der Waals surface area contributed by atoms with Crippen molar-refractivity contribution in [3.8, 4) is 0 Å². The fourth-order valence-electron chi connectivity index (χ4n) is 1.32. The van der Waals surface area contributed by atoms with E-state index in [0.717, 1.165) is 23.2 Å². The van der Waals surface area contributed by atoms with Crippen molar-refractivity contribution in [1.29, 1.82) is 0 Å². The standard InChI is InChI=1S/C12H19BrN2/c1-9(2)14-6-7-15-12-5-4-10(3)8-11(12)13/h4-5,8-9,14-15H,6-7H2,1-3H3. The number of hydrogen-bond acceptors (Lipinski definition) is 2. The summed E-state index contributed by atoms with van der Waals surface area (Å²) < 4.78 is 1.13. The van der Waals surface area contributed by atoms with E-state index in [1.54, 1.807) is 0 Å². The van der Waals surface area contributed by atoms with Crippen LogP contribution in [-0.4, -0.2) is 19.1 Å². The van der Waals surface area contributed by atoms with Gasteiger partial charge >= 0.3 is 0 Å². The van der Waals surface area contributed by atoms with E-state index in [2.05, 4.69) is 65.5 Å². The molecule has 84 valence electrons. The first-order valence-corrected chi connectivity index (χ1v) is 6.12. The zero-order valence-corrected chi connectivity index (χ0v) is 11.2. The summed E-state index contributed by atoms with van der Waals surface area (Å²) in [6, 6.07) is 6.89. The van der Waals surface area contributed by atoms with Crippen molar-refractivity contribution < 1.29 is 0 Å². The van der Waals surface area contributed by atoms with Gasteiger partial charge in [-0.3, -0.25) is 0 Å². The van der Waals surface area contributed by atoms with Gasteiger partial charge < -0.3 is 10.6 Å². The zero-order chi connectivity index (χ0) is 11.3. The fraction of sp³-hybridized carbons (Fsp3) is 0.500. The minimum Gasteiger partial charge on any atom is -0.383 e. The van der Waals surface area contributed by atoms with Crippen LogP contribution in [0, 0.1) is 6.92 Å². The molecule has 0 saturated heterocycles. The second kappa shape index (κ2) is 6.13. The van der Waals surface area contributed by atoms with E-state index in [-0.39, 0.29) is 0 Å². The summed E-state index contributed by atoms with van der Waals surface area (Å²) in [4.78, 5) is 0. The van der Waals surface area contributed by atoms with Gasteiger partial charge in [0.05, 0.1) is 0 Å². The Labute approximate surface area is 101 Å². The van der Waals surface area contributed by atoms with Gasteiger partial charge in [-0.15, -0.1) is 0 Å². The second-order valence-electron chi connectivity index (χ2n) is 4.02. The lowest BCUT2D eigenvalue weighted by Gasteiger charge is -2.11. The van der Waals surface area contributed by atoms with Crippen LogP contribution >= 0.6 is 15.9 Å². The van der Waals surface area contributed by atoms with Crippen LogP contribution in [-0.2, 0) is 0 Å². The molecule has 0 aromatic heterocycles. The largest absolute Gasteiger partial charge is 0.383 e. The van der Waals surface area contributed by atoms with Crippen LogP contribution in [0.3, 0.4) is 0 Å². The summed E-state index contributed by atoms with van der Waals surface area (Å²) in [6.45, 7) is 8.33. The molecule has 1 rings (SSSR count). The Hall–Kier alpha value is -0.540. The molecule has 1 aromatic rings. The molecular formula is C12H19BrN2. The monoisotopic (exact) mass is 270 g/mol. The van der Waals surface area contributed by atoms with Crippen LogP contribution in [0.5, 0.6) is 0 Å². The molecule has 0 unspecified atom stereocenters. The number of benzene rings is 1. The highest BCUT2D eigenvalue weighted by molar-refractivity contribution is 9.10. The number of halogens is 1. The summed E-state index contributed by atoms with van der Waals surface area (Å²) in [7, 11) is 0. The maximum absolute atomic E-state index is 3.55. The molecule has 3 heteroatoms. The average Bonchev–Trinajstić information content (AvgIpc) is 2.14. The molecule has 0 bridgehead atoms. The number of hydrogen-bond donors (Lipinski definition) is 2. The molecule has 2 N–H and O–H groups in total. The van der Waals surface area contributed by atoms with Gasteiger partial charge in [0.25, 0.3) is 0 Å². The van der Waals surface area contributed by atoms with Crippen LogP contribution in [0.15, 0.2) is 22.7 Å². The lowest BCUT2D eigenvalue weighted by Crippen LogP contribution is -2.28. The molecule has 0 heterocycles. The zero-order valence-electron chi connectivity index (χ0n) is 9.60. The molecule has 0 saturated carbocycles. The molecule has 15 heavy (non-hydrogen) atoms. The van der Waals surface area contributed by atoms with Crippen molar-refractivity contribution in [3.05, 3.63) is 28.2 Å². The van der Waals surface area contributed by atoms with E-state index in [0.29, 0.717) is 6.04 Å². The summed E-state index contributed by atoms with van der Waals surface area (Å²) in [5, 5.41) is 6.75. The van der Waals surface area contributed by atoms with E-state index in [4.69, 9.17) is 0 Å². The number of rotatable bonds is 5. The quantitative estimate of drug-likeness (QED) is 0.804. The molecule has 0 atom stereocenters. The first-order valence-electron chi connectivity index (χ1n) is 5.33.